The fraction of sp³-hybridized carbons (Fsp3) is 0.529. The van der Waals surface area contributed by atoms with Gasteiger partial charge in [-0.2, -0.15) is 0 Å². The monoisotopic (exact) mass is 238 g/mol. The lowest BCUT2D eigenvalue weighted by molar-refractivity contribution is 0.126. The Morgan fingerprint density at radius 1 is 0.833 bits per heavy atom. The number of hydrogen-bond acceptors (Lipinski definition) is 1. The van der Waals surface area contributed by atoms with E-state index in [0.717, 1.165) is 11.8 Å². The molecule has 0 radical (unpaired) electrons. The van der Waals surface area contributed by atoms with Crippen LogP contribution in [0.3, 0.4) is 0 Å². The van der Waals surface area contributed by atoms with E-state index in [9.17, 15) is 5.11 Å². The van der Waals surface area contributed by atoms with Crippen molar-refractivity contribution in [1.82, 2.24) is 0 Å². The quantitative estimate of drug-likeness (QED) is 0.689. The summed E-state index contributed by atoms with van der Waals surface area (Å²) in [5, 5.41) is 10.4. The maximum atomic E-state index is 10.4. The minimum atomic E-state index is -0.0857. The van der Waals surface area contributed by atoms with Crippen LogP contribution in [0.1, 0.15) is 35.8 Å². The molecule has 0 amide bonds. The fourth-order valence-corrected chi connectivity index (χ4v) is 5.69. The van der Waals surface area contributed by atoms with Crippen LogP contribution < -0.4 is 0 Å². The molecule has 0 spiro atoms. The van der Waals surface area contributed by atoms with Gasteiger partial charge in [-0.05, 0) is 47.6 Å². The Morgan fingerprint density at radius 2 is 1.33 bits per heavy atom. The molecule has 0 unspecified atom stereocenters. The van der Waals surface area contributed by atoms with Crippen molar-refractivity contribution in [2.75, 3.05) is 0 Å². The first-order valence-electron chi connectivity index (χ1n) is 7.31. The normalized spacial score (nSPS) is 50.4. The Hall–Kier alpha value is -1.08. The highest BCUT2D eigenvalue weighted by Crippen LogP contribution is 2.66. The number of benzene rings is 1. The molecule has 4 bridgehead atoms. The van der Waals surface area contributed by atoms with Crippen molar-refractivity contribution in [2.45, 2.75) is 30.8 Å². The van der Waals surface area contributed by atoms with Crippen LogP contribution in [0.5, 0.6) is 0 Å². The summed E-state index contributed by atoms with van der Waals surface area (Å²) in [5.41, 5.74) is 3.20. The smallest absolute Gasteiger partial charge is 0.0671 e. The van der Waals surface area contributed by atoms with Crippen LogP contribution in [0.2, 0.25) is 0 Å². The van der Waals surface area contributed by atoms with E-state index in [1.165, 1.54) is 12.8 Å². The molecule has 2 saturated carbocycles. The van der Waals surface area contributed by atoms with E-state index in [4.69, 9.17) is 0 Å². The molecular weight excluding hydrogens is 220 g/mol. The largest absolute Gasteiger partial charge is 0.392 e. The molecule has 1 aromatic carbocycles. The molecule has 92 valence electrons. The first-order chi connectivity index (χ1) is 8.86. The molecule has 0 heterocycles. The third-order valence-corrected chi connectivity index (χ3v) is 6.19. The fourth-order valence-electron chi connectivity index (χ4n) is 5.69. The van der Waals surface area contributed by atoms with E-state index in [-0.39, 0.29) is 6.10 Å². The summed E-state index contributed by atoms with van der Waals surface area (Å²) in [7, 11) is 0. The van der Waals surface area contributed by atoms with E-state index in [1.54, 1.807) is 11.1 Å². The second-order valence-corrected chi connectivity index (χ2v) is 6.60. The summed E-state index contributed by atoms with van der Waals surface area (Å²) in [6, 6.07) is 9.05. The molecule has 1 N–H and O–H groups in total. The lowest BCUT2D eigenvalue weighted by Gasteiger charge is -2.50. The van der Waals surface area contributed by atoms with Gasteiger partial charge in [0.15, 0.2) is 0 Å². The Labute approximate surface area is 108 Å². The molecule has 1 nitrogen and oxygen atoms in total. The van der Waals surface area contributed by atoms with Crippen LogP contribution in [0, 0.1) is 23.7 Å². The summed E-state index contributed by atoms with van der Waals surface area (Å²) < 4.78 is 0. The lowest BCUT2D eigenvalue weighted by atomic mass is 9.54. The van der Waals surface area contributed by atoms with Gasteiger partial charge in [0.2, 0.25) is 0 Å². The summed E-state index contributed by atoms with van der Waals surface area (Å²) in [6.07, 6.45) is 7.20. The van der Waals surface area contributed by atoms with Gasteiger partial charge in [0, 0.05) is 11.8 Å². The molecular formula is C17H18O. The van der Waals surface area contributed by atoms with E-state index in [1.807, 2.05) is 0 Å². The number of hydrogen-bond donors (Lipinski definition) is 1. The van der Waals surface area contributed by atoms with Gasteiger partial charge in [-0.3, -0.25) is 0 Å². The van der Waals surface area contributed by atoms with Gasteiger partial charge < -0.3 is 5.11 Å². The Morgan fingerprint density at radius 3 is 1.83 bits per heavy atom. The van der Waals surface area contributed by atoms with E-state index >= 15 is 0 Å². The number of aliphatic hydroxyl groups excluding tert-OH is 1. The standard InChI is InChI=1S/C17H18O/c18-17-13-7-8-14(17)16-12-6-5-11(15(13)16)9-3-1-2-4-10(9)12/h1-4,7-8,11-18H,5-6H2/t11-,12-,13-,14-,15+,16+/m0/s1. The van der Waals surface area contributed by atoms with Crippen LogP contribution in [0.4, 0.5) is 0 Å². The summed E-state index contributed by atoms with van der Waals surface area (Å²) in [6.45, 7) is 0. The van der Waals surface area contributed by atoms with Gasteiger partial charge in [-0.1, -0.05) is 36.4 Å². The van der Waals surface area contributed by atoms with Crippen LogP contribution in [0.25, 0.3) is 0 Å². The average molecular weight is 238 g/mol. The van der Waals surface area contributed by atoms with Crippen molar-refractivity contribution in [3.05, 3.63) is 47.5 Å². The topological polar surface area (TPSA) is 20.2 Å². The molecule has 2 fully saturated rings. The van der Waals surface area contributed by atoms with Gasteiger partial charge >= 0.3 is 0 Å². The molecule has 6 rings (SSSR count). The van der Waals surface area contributed by atoms with Crippen molar-refractivity contribution in [3.63, 3.8) is 0 Å². The van der Waals surface area contributed by atoms with E-state index < -0.39 is 0 Å². The predicted octanol–water partition coefficient (Wildman–Crippen LogP) is 3.07. The highest BCUT2D eigenvalue weighted by molar-refractivity contribution is 5.43. The molecule has 5 aliphatic rings. The van der Waals surface area contributed by atoms with Crippen LogP contribution in [-0.4, -0.2) is 11.2 Å². The van der Waals surface area contributed by atoms with Gasteiger partial charge in [0.1, 0.15) is 0 Å². The molecule has 1 heteroatoms. The van der Waals surface area contributed by atoms with Crippen molar-refractivity contribution < 1.29 is 5.11 Å². The van der Waals surface area contributed by atoms with Crippen molar-refractivity contribution in [1.29, 1.82) is 0 Å². The van der Waals surface area contributed by atoms with Gasteiger partial charge in [-0.15, -0.1) is 0 Å². The van der Waals surface area contributed by atoms with Gasteiger partial charge in [-0.25, -0.2) is 0 Å². The SMILES string of the molecule is OC1[C@H]2C=C[C@H]1[C@@H]1[C@@H]2[C@H]2CC[C@H]1c1ccccc12. The maximum absolute atomic E-state index is 10.4. The van der Waals surface area contributed by atoms with Crippen LogP contribution >= 0.6 is 0 Å². The predicted molar refractivity (Wildman–Crippen MR) is 70.3 cm³/mol. The number of rotatable bonds is 0. The zero-order chi connectivity index (χ0) is 11.9. The summed E-state index contributed by atoms with van der Waals surface area (Å²) in [4.78, 5) is 0. The molecule has 18 heavy (non-hydrogen) atoms. The Bertz CT molecular complexity index is 499. The van der Waals surface area contributed by atoms with Crippen molar-refractivity contribution >= 4 is 0 Å². The van der Waals surface area contributed by atoms with Crippen LogP contribution in [-0.2, 0) is 0 Å². The molecule has 0 saturated heterocycles. The molecule has 0 aliphatic heterocycles. The highest BCUT2D eigenvalue weighted by Gasteiger charge is 2.60. The lowest BCUT2D eigenvalue weighted by Crippen LogP contribution is -2.40. The van der Waals surface area contributed by atoms with Gasteiger partial charge in [0.25, 0.3) is 0 Å². The second kappa shape index (κ2) is 3.08. The first kappa shape index (κ1) is 9.80. The molecule has 5 aliphatic carbocycles. The van der Waals surface area contributed by atoms with Crippen LogP contribution in [0.15, 0.2) is 36.4 Å². The van der Waals surface area contributed by atoms with E-state index in [2.05, 4.69) is 36.4 Å². The zero-order valence-corrected chi connectivity index (χ0v) is 10.4. The minimum Gasteiger partial charge on any atom is -0.392 e. The van der Waals surface area contributed by atoms with Gasteiger partial charge in [0.05, 0.1) is 6.10 Å². The summed E-state index contributed by atoms with van der Waals surface area (Å²) >= 11 is 0. The second-order valence-electron chi connectivity index (χ2n) is 6.60. The van der Waals surface area contributed by atoms with Crippen molar-refractivity contribution in [2.24, 2.45) is 23.7 Å². The highest BCUT2D eigenvalue weighted by atomic mass is 16.3. The van der Waals surface area contributed by atoms with Crippen molar-refractivity contribution in [3.8, 4) is 0 Å². The van der Waals surface area contributed by atoms with E-state index in [0.29, 0.717) is 23.7 Å². The number of aliphatic hydroxyl groups is 1. The first-order valence-corrected chi connectivity index (χ1v) is 7.31. The average Bonchev–Trinajstić information content (AvgIpc) is 2.94. The summed E-state index contributed by atoms with van der Waals surface area (Å²) in [5.74, 6) is 3.77. The minimum absolute atomic E-state index is 0.0857. The molecule has 1 aromatic rings. The molecule has 0 aromatic heterocycles. The zero-order valence-electron chi connectivity index (χ0n) is 10.4. The Balaban J connectivity index is 1.73. The Kier molecular flexibility index (Phi) is 1.68. The third-order valence-electron chi connectivity index (χ3n) is 6.19. The maximum Gasteiger partial charge on any atom is 0.0671 e. The number of fused-ring (bicyclic) bond motifs is 3. The third kappa shape index (κ3) is 0.925. The molecule has 6 atom stereocenters.